The summed E-state index contributed by atoms with van der Waals surface area (Å²) in [6.07, 6.45) is 2.45. The Balaban J connectivity index is 0.000000321. The maximum atomic E-state index is 9.55. The van der Waals surface area contributed by atoms with Crippen molar-refractivity contribution in [2.45, 2.75) is 19.1 Å². The molecular formula is C22H25NO6. The molecule has 2 N–H and O–H groups in total. The Bertz CT molecular complexity index is 805. The van der Waals surface area contributed by atoms with Crippen LogP contribution >= 0.6 is 0 Å². The highest BCUT2D eigenvalue weighted by atomic mass is 16.5. The number of nitrogens with zero attached hydrogens (tertiary/aromatic N) is 1. The predicted octanol–water partition coefficient (Wildman–Crippen LogP) is 3.06. The number of carbonyl (C=O) groups is 2. The van der Waals surface area contributed by atoms with Crippen molar-refractivity contribution in [3.63, 3.8) is 0 Å². The summed E-state index contributed by atoms with van der Waals surface area (Å²) in [6, 6.07) is 18.4. The molecule has 1 aliphatic rings. The van der Waals surface area contributed by atoms with E-state index in [1.807, 2.05) is 24.3 Å². The molecule has 1 fully saturated rings. The molecule has 0 saturated carbocycles. The van der Waals surface area contributed by atoms with Crippen LogP contribution in [0, 0.1) is 0 Å². The maximum Gasteiger partial charge on any atom is 0.328 e. The van der Waals surface area contributed by atoms with E-state index < -0.39 is 11.9 Å². The highest BCUT2D eigenvalue weighted by Gasteiger charge is 2.23. The normalized spacial score (nSPS) is 16.1. The second-order valence-electron chi connectivity index (χ2n) is 6.44. The highest BCUT2D eigenvalue weighted by Crippen LogP contribution is 2.23. The van der Waals surface area contributed by atoms with Crippen LogP contribution in [0.25, 0.3) is 0 Å². The van der Waals surface area contributed by atoms with Crippen LogP contribution in [0.3, 0.4) is 0 Å². The third-order valence-electron chi connectivity index (χ3n) is 4.19. The lowest BCUT2D eigenvalue weighted by Gasteiger charge is -2.17. The van der Waals surface area contributed by atoms with Gasteiger partial charge in [0.15, 0.2) is 0 Å². The average Bonchev–Trinajstić information content (AvgIpc) is 3.14. The standard InChI is InChI=1S/C18H21NO2.C4H4O4/c1-20-16-8-5-9-17(12-16)21-18-10-11-19(14-18)13-15-6-3-2-4-7-15;5-3(6)1-2-4(7)8/h2-9,12,18H,10-11,13-14H2,1H3;1-2H,(H,5,6)(H,7,8)/b;2-1-. The predicted molar refractivity (Wildman–Crippen MR) is 108 cm³/mol. The largest absolute Gasteiger partial charge is 0.497 e. The Morgan fingerprint density at radius 3 is 2.31 bits per heavy atom. The molecule has 0 amide bonds. The number of carboxylic acid groups (broad SMARTS) is 2. The summed E-state index contributed by atoms with van der Waals surface area (Å²) >= 11 is 0. The summed E-state index contributed by atoms with van der Waals surface area (Å²) in [6.45, 7) is 3.06. The van der Waals surface area contributed by atoms with Crippen molar-refractivity contribution in [2.24, 2.45) is 0 Å². The lowest BCUT2D eigenvalue weighted by molar-refractivity contribution is -0.134. The van der Waals surface area contributed by atoms with Gasteiger partial charge in [-0.15, -0.1) is 0 Å². The van der Waals surface area contributed by atoms with E-state index in [-0.39, 0.29) is 6.10 Å². The van der Waals surface area contributed by atoms with E-state index in [0.717, 1.165) is 37.6 Å². The van der Waals surface area contributed by atoms with Crippen molar-refractivity contribution in [1.82, 2.24) is 4.90 Å². The van der Waals surface area contributed by atoms with Gasteiger partial charge in [0.1, 0.15) is 17.6 Å². The van der Waals surface area contributed by atoms with Gasteiger partial charge in [-0.25, -0.2) is 9.59 Å². The summed E-state index contributed by atoms with van der Waals surface area (Å²) in [4.78, 5) is 21.6. The van der Waals surface area contributed by atoms with Crippen LogP contribution < -0.4 is 9.47 Å². The van der Waals surface area contributed by atoms with Crippen LogP contribution in [-0.4, -0.2) is 53.4 Å². The van der Waals surface area contributed by atoms with Crippen LogP contribution in [-0.2, 0) is 16.1 Å². The smallest absolute Gasteiger partial charge is 0.328 e. The number of rotatable bonds is 7. The Morgan fingerprint density at radius 2 is 1.69 bits per heavy atom. The zero-order valence-electron chi connectivity index (χ0n) is 16.2. The van der Waals surface area contributed by atoms with Crippen LogP contribution in [0.2, 0.25) is 0 Å². The Kier molecular flexibility index (Phi) is 8.72. The third kappa shape index (κ3) is 8.49. The minimum absolute atomic E-state index is 0.265. The molecule has 7 nitrogen and oxygen atoms in total. The Labute approximate surface area is 169 Å². The molecule has 3 rings (SSSR count). The van der Waals surface area contributed by atoms with Gasteiger partial charge in [0.25, 0.3) is 0 Å². The quantitative estimate of drug-likeness (QED) is 0.691. The van der Waals surface area contributed by atoms with Gasteiger partial charge in [-0.2, -0.15) is 0 Å². The topological polar surface area (TPSA) is 96.3 Å². The molecule has 1 unspecified atom stereocenters. The van der Waals surface area contributed by atoms with Crippen molar-refractivity contribution in [1.29, 1.82) is 0 Å². The number of aliphatic carboxylic acids is 2. The monoisotopic (exact) mass is 399 g/mol. The number of hydrogen-bond donors (Lipinski definition) is 2. The SMILES string of the molecule is COc1cccc(OC2CCN(Cc3ccccc3)C2)c1.O=C(O)/C=C\C(=O)O. The lowest BCUT2D eigenvalue weighted by atomic mass is 10.2. The molecule has 2 aromatic rings. The van der Waals surface area contributed by atoms with Gasteiger partial charge in [0.05, 0.1) is 7.11 Å². The maximum absolute atomic E-state index is 9.55. The van der Waals surface area contributed by atoms with Gasteiger partial charge in [0, 0.05) is 37.9 Å². The summed E-state index contributed by atoms with van der Waals surface area (Å²) in [7, 11) is 1.68. The van der Waals surface area contributed by atoms with Gasteiger partial charge in [0.2, 0.25) is 0 Å². The van der Waals surface area contributed by atoms with Crippen LogP contribution in [0.4, 0.5) is 0 Å². The van der Waals surface area contributed by atoms with E-state index in [4.69, 9.17) is 19.7 Å². The molecule has 1 heterocycles. The van der Waals surface area contributed by atoms with E-state index >= 15 is 0 Å². The van der Waals surface area contributed by atoms with Crippen molar-refractivity contribution < 1.29 is 29.3 Å². The molecule has 0 aliphatic carbocycles. The van der Waals surface area contributed by atoms with Gasteiger partial charge in [-0.3, -0.25) is 4.90 Å². The Morgan fingerprint density at radius 1 is 1.03 bits per heavy atom. The molecule has 1 atom stereocenters. The number of benzene rings is 2. The Hall–Kier alpha value is -3.32. The lowest BCUT2D eigenvalue weighted by Crippen LogP contribution is -2.24. The van der Waals surface area contributed by atoms with Crippen molar-refractivity contribution in [2.75, 3.05) is 20.2 Å². The fourth-order valence-electron chi connectivity index (χ4n) is 2.89. The van der Waals surface area contributed by atoms with Crippen molar-refractivity contribution >= 4 is 11.9 Å². The van der Waals surface area contributed by atoms with Crippen molar-refractivity contribution in [3.8, 4) is 11.5 Å². The molecule has 0 radical (unpaired) electrons. The third-order valence-corrected chi connectivity index (χ3v) is 4.19. The molecule has 1 aliphatic heterocycles. The second-order valence-corrected chi connectivity index (χ2v) is 6.44. The van der Waals surface area contributed by atoms with Crippen LogP contribution in [0.15, 0.2) is 66.7 Å². The van der Waals surface area contributed by atoms with E-state index in [9.17, 15) is 9.59 Å². The first-order valence-electron chi connectivity index (χ1n) is 9.17. The molecular weight excluding hydrogens is 374 g/mol. The number of likely N-dealkylation sites (tertiary alicyclic amines) is 1. The minimum atomic E-state index is -1.26. The summed E-state index contributed by atoms with van der Waals surface area (Å²) in [5.74, 6) is -0.785. The van der Waals surface area contributed by atoms with E-state index in [2.05, 4.69) is 35.2 Å². The molecule has 0 spiro atoms. The number of methoxy groups -OCH3 is 1. The van der Waals surface area contributed by atoms with Crippen molar-refractivity contribution in [3.05, 3.63) is 72.3 Å². The van der Waals surface area contributed by atoms with Crippen LogP contribution in [0.1, 0.15) is 12.0 Å². The van der Waals surface area contributed by atoms with Gasteiger partial charge in [-0.05, 0) is 24.1 Å². The molecule has 29 heavy (non-hydrogen) atoms. The summed E-state index contributed by atoms with van der Waals surface area (Å²) in [5, 5.41) is 15.6. The fourth-order valence-corrected chi connectivity index (χ4v) is 2.89. The van der Waals surface area contributed by atoms with E-state index in [0.29, 0.717) is 12.2 Å². The summed E-state index contributed by atoms with van der Waals surface area (Å²) < 4.78 is 11.3. The zero-order valence-corrected chi connectivity index (χ0v) is 16.2. The molecule has 7 heteroatoms. The van der Waals surface area contributed by atoms with Crippen LogP contribution in [0.5, 0.6) is 11.5 Å². The van der Waals surface area contributed by atoms with Gasteiger partial charge < -0.3 is 19.7 Å². The first-order chi connectivity index (χ1) is 14.0. The average molecular weight is 399 g/mol. The van der Waals surface area contributed by atoms with E-state index in [1.165, 1.54) is 5.56 Å². The second kappa shape index (κ2) is 11.5. The fraction of sp³-hybridized carbons (Fsp3) is 0.273. The highest BCUT2D eigenvalue weighted by molar-refractivity contribution is 5.89. The molecule has 1 saturated heterocycles. The molecule has 2 aromatic carbocycles. The van der Waals surface area contributed by atoms with Gasteiger partial charge >= 0.3 is 11.9 Å². The minimum Gasteiger partial charge on any atom is -0.497 e. The first-order valence-corrected chi connectivity index (χ1v) is 9.17. The molecule has 0 aromatic heterocycles. The van der Waals surface area contributed by atoms with Gasteiger partial charge in [-0.1, -0.05) is 36.4 Å². The molecule has 0 bridgehead atoms. The number of carboxylic acids is 2. The summed E-state index contributed by atoms with van der Waals surface area (Å²) in [5.41, 5.74) is 1.36. The van der Waals surface area contributed by atoms with E-state index in [1.54, 1.807) is 7.11 Å². The number of ether oxygens (including phenoxy) is 2. The molecule has 154 valence electrons. The number of hydrogen-bond acceptors (Lipinski definition) is 5. The first kappa shape index (κ1) is 22.0. The zero-order chi connectivity index (χ0) is 21.1.